The number of nitrogens with zero attached hydrogens (tertiary/aromatic N) is 2. The normalized spacial score (nSPS) is 17.9. The first-order valence-electron chi connectivity index (χ1n) is 18.0. The van der Waals surface area contributed by atoms with E-state index >= 15 is 0 Å². The van der Waals surface area contributed by atoms with E-state index in [4.69, 9.17) is 17.2 Å². The van der Waals surface area contributed by atoms with Gasteiger partial charge in [0.2, 0.25) is 35.4 Å². The van der Waals surface area contributed by atoms with Crippen LogP contribution in [0.3, 0.4) is 0 Å². The fourth-order valence-corrected chi connectivity index (χ4v) is 5.71. The maximum absolute atomic E-state index is 13.9. The Morgan fingerprint density at radius 3 is 1.91 bits per heavy atom. The Balaban J connectivity index is 2.30. The zero-order chi connectivity index (χ0) is 43.0. The van der Waals surface area contributed by atoms with Gasteiger partial charge in [-0.2, -0.15) is 0 Å². The monoisotopic (exact) mass is 810 g/mol. The van der Waals surface area contributed by atoms with Crippen LogP contribution in [0.25, 0.3) is 0 Å². The summed E-state index contributed by atoms with van der Waals surface area (Å²) in [6, 6.07) is -4.86. The summed E-state index contributed by atoms with van der Waals surface area (Å²) in [5, 5.41) is 70.1. The van der Waals surface area contributed by atoms with E-state index in [2.05, 4.69) is 26.3 Å². The van der Waals surface area contributed by atoms with E-state index < -0.39 is 109 Å². The molecule has 0 bridgehead atoms. The number of aromatic hydroxyl groups is 1. The summed E-state index contributed by atoms with van der Waals surface area (Å²) in [4.78, 5) is 96.4. The maximum Gasteiger partial charge on any atom is 0.328 e. The Bertz CT molecular complexity index is 1590. The van der Waals surface area contributed by atoms with Gasteiger partial charge in [0, 0.05) is 19.5 Å². The number of aliphatic imine (C=N–C) groups is 1. The average molecular weight is 811 g/mol. The summed E-state index contributed by atoms with van der Waals surface area (Å²) in [7, 11) is 0. The molecule has 0 spiro atoms. The molecule has 0 aliphatic carbocycles. The number of hydrogen-bond acceptors (Lipinski definition) is 14. The number of aliphatic hydroxyl groups excluding tert-OH is 4. The summed E-state index contributed by atoms with van der Waals surface area (Å²) in [5.41, 5.74) is 16.8. The van der Waals surface area contributed by atoms with E-state index in [1.807, 2.05) is 5.32 Å². The number of carboxylic acids is 1. The molecule has 9 atom stereocenters. The number of guanidine groups is 1. The number of carboxylic acid groups (broad SMARTS) is 1. The Morgan fingerprint density at radius 1 is 0.807 bits per heavy atom. The van der Waals surface area contributed by atoms with Crippen LogP contribution in [-0.2, 0) is 40.0 Å². The number of rotatable bonds is 22. The first-order valence-corrected chi connectivity index (χ1v) is 18.0. The second kappa shape index (κ2) is 22.8. The van der Waals surface area contributed by atoms with Crippen molar-refractivity contribution in [1.29, 1.82) is 0 Å². The molecule has 1 aromatic rings. The van der Waals surface area contributed by atoms with Gasteiger partial charge in [-0.05, 0) is 57.2 Å². The number of hydrogen-bond donors (Lipinski definition) is 14. The van der Waals surface area contributed by atoms with Crippen molar-refractivity contribution in [2.45, 2.75) is 100 Å². The Morgan fingerprint density at radius 2 is 1.37 bits per heavy atom. The standard InChI is InChI=1S/C34H54N10O13/c1-16(47)25(42-29(52)22(40-27(50)20(35)14-45)13-18-7-9-19(49)10-8-18)32(55)44-12-4-6-24(44)31(54)39-21(5-3-11-38-34(36)37)28(51)41-23(15-46)30(53)43-26(17(2)48)33(56)57/h7-10,16-17,20-26,45-49H,3-6,11-15,35H2,1-2H3,(H,39,54)(H,40,50)(H,41,51)(H,42,52)(H,43,53)(H,56,57)(H4,36,37,38)/t16-,17-,20+,21+,22+,23+,24+,25+,26+/m1/s1. The number of nitrogens with one attached hydrogen (secondary N) is 5. The minimum absolute atomic E-state index is 0.00280. The van der Waals surface area contributed by atoms with Crippen LogP contribution in [0.1, 0.15) is 45.1 Å². The van der Waals surface area contributed by atoms with Crippen LogP contribution in [-0.4, -0.2) is 164 Å². The second-order valence-corrected chi connectivity index (χ2v) is 13.5. The van der Waals surface area contributed by atoms with Gasteiger partial charge in [0.1, 0.15) is 42.0 Å². The molecule has 318 valence electrons. The van der Waals surface area contributed by atoms with Crippen molar-refractivity contribution in [3.05, 3.63) is 29.8 Å². The lowest BCUT2D eigenvalue weighted by molar-refractivity contribution is -0.145. The van der Waals surface area contributed by atoms with Crippen molar-refractivity contribution in [2.75, 3.05) is 26.3 Å². The predicted octanol–water partition coefficient (Wildman–Crippen LogP) is -6.44. The van der Waals surface area contributed by atoms with E-state index in [0.717, 1.165) is 11.8 Å². The summed E-state index contributed by atoms with van der Waals surface area (Å²) < 4.78 is 0. The lowest BCUT2D eigenvalue weighted by Gasteiger charge is -2.32. The Hall–Kier alpha value is -5.62. The second-order valence-electron chi connectivity index (χ2n) is 13.5. The van der Waals surface area contributed by atoms with Gasteiger partial charge in [-0.15, -0.1) is 0 Å². The van der Waals surface area contributed by atoms with E-state index in [1.54, 1.807) is 0 Å². The highest BCUT2D eigenvalue weighted by Gasteiger charge is 2.41. The lowest BCUT2D eigenvalue weighted by atomic mass is 10.0. The molecule has 23 heteroatoms. The molecule has 0 radical (unpaired) electrons. The number of carbonyl (C=O) groups is 7. The number of amides is 6. The highest BCUT2D eigenvalue weighted by molar-refractivity contribution is 5.97. The van der Waals surface area contributed by atoms with Crippen LogP contribution in [0, 0.1) is 0 Å². The van der Waals surface area contributed by atoms with E-state index in [-0.39, 0.29) is 50.5 Å². The molecule has 0 saturated carbocycles. The van der Waals surface area contributed by atoms with Gasteiger partial charge in [-0.25, -0.2) is 4.79 Å². The number of phenols is 1. The van der Waals surface area contributed by atoms with Crippen LogP contribution < -0.4 is 43.8 Å². The highest BCUT2D eigenvalue weighted by Crippen LogP contribution is 2.20. The van der Waals surface area contributed by atoms with Crippen molar-refractivity contribution in [2.24, 2.45) is 22.2 Å². The third-order valence-corrected chi connectivity index (χ3v) is 8.87. The fourth-order valence-electron chi connectivity index (χ4n) is 5.71. The van der Waals surface area contributed by atoms with Gasteiger partial charge < -0.3 is 79.3 Å². The molecule has 0 aromatic heterocycles. The van der Waals surface area contributed by atoms with Crippen molar-refractivity contribution >= 4 is 47.4 Å². The molecule has 1 aromatic carbocycles. The Kier molecular flexibility index (Phi) is 19.0. The summed E-state index contributed by atoms with van der Waals surface area (Å²) in [6.45, 7) is 0.605. The summed E-state index contributed by atoms with van der Waals surface area (Å²) in [6.07, 6.45) is -2.84. The molecule has 1 aliphatic rings. The molecular formula is C34H54N10O13. The van der Waals surface area contributed by atoms with Gasteiger partial charge in [-0.1, -0.05) is 12.1 Å². The molecule has 0 unspecified atom stereocenters. The van der Waals surface area contributed by atoms with Gasteiger partial charge >= 0.3 is 5.97 Å². The third kappa shape index (κ3) is 14.8. The first-order chi connectivity index (χ1) is 26.8. The number of benzene rings is 1. The molecule has 1 fully saturated rings. The minimum Gasteiger partial charge on any atom is -0.508 e. The molecule has 1 aliphatic heterocycles. The van der Waals surface area contributed by atoms with Gasteiger partial charge in [-0.3, -0.25) is 33.8 Å². The van der Waals surface area contributed by atoms with Crippen molar-refractivity contribution in [1.82, 2.24) is 31.5 Å². The van der Waals surface area contributed by atoms with Gasteiger partial charge in [0.25, 0.3) is 0 Å². The van der Waals surface area contributed by atoms with Crippen LogP contribution in [0.4, 0.5) is 0 Å². The maximum atomic E-state index is 13.9. The van der Waals surface area contributed by atoms with E-state index in [0.29, 0.717) is 12.0 Å². The molecule has 1 saturated heterocycles. The highest BCUT2D eigenvalue weighted by atomic mass is 16.4. The van der Waals surface area contributed by atoms with E-state index in [9.17, 15) is 64.2 Å². The smallest absolute Gasteiger partial charge is 0.328 e. The van der Waals surface area contributed by atoms with Crippen LogP contribution in [0.5, 0.6) is 5.75 Å². The minimum atomic E-state index is -1.77. The first kappa shape index (κ1) is 47.5. The number of aliphatic hydroxyl groups is 4. The molecular weight excluding hydrogens is 756 g/mol. The number of aliphatic carboxylic acids is 1. The van der Waals surface area contributed by atoms with Crippen molar-refractivity contribution in [3.8, 4) is 5.75 Å². The fraction of sp³-hybridized carbons (Fsp3) is 0.588. The topological polar surface area (TPSA) is 395 Å². The van der Waals surface area contributed by atoms with Crippen LogP contribution in [0.2, 0.25) is 0 Å². The molecule has 1 heterocycles. The zero-order valence-corrected chi connectivity index (χ0v) is 31.5. The van der Waals surface area contributed by atoms with Crippen molar-refractivity contribution < 1.29 is 64.2 Å². The third-order valence-electron chi connectivity index (χ3n) is 8.87. The van der Waals surface area contributed by atoms with Crippen molar-refractivity contribution in [3.63, 3.8) is 0 Å². The molecule has 2 rings (SSSR count). The molecule has 6 amide bonds. The number of nitrogens with two attached hydrogens (primary N) is 3. The number of phenolic OH excluding ortho intramolecular Hbond substituents is 1. The van der Waals surface area contributed by atoms with Crippen LogP contribution >= 0.6 is 0 Å². The quantitative estimate of drug-likeness (QED) is 0.0294. The zero-order valence-electron chi connectivity index (χ0n) is 31.5. The predicted molar refractivity (Wildman–Crippen MR) is 199 cm³/mol. The van der Waals surface area contributed by atoms with Gasteiger partial charge in [0.15, 0.2) is 12.0 Å². The molecule has 57 heavy (non-hydrogen) atoms. The largest absolute Gasteiger partial charge is 0.508 e. The van der Waals surface area contributed by atoms with Gasteiger partial charge in [0.05, 0.1) is 25.4 Å². The lowest BCUT2D eigenvalue weighted by Crippen LogP contribution is -2.62. The molecule has 23 nitrogen and oxygen atoms in total. The number of likely N-dealkylation sites (tertiary alicyclic amines) is 1. The SMILES string of the molecule is C[C@@H](O)[C@H](NC(=O)[C@H](CO)NC(=O)[C@H](CCCN=C(N)N)NC(=O)[C@@H]1CCCN1C(=O)[C@@H](NC(=O)[C@H](Cc1ccc(O)cc1)NC(=O)[C@@H](N)CO)[C@@H](C)O)C(=O)O. The average Bonchev–Trinajstić information content (AvgIpc) is 3.65. The molecule has 17 N–H and O–H groups in total. The number of carbonyl (C=O) groups excluding carboxylic acids is 6. The Labute approximate surface area is 327 Å². The van der Waals surface area contributed by atoms with E-state index in [1.165, 1.54) is 31.2 Å². The van der Waals surface area contributed by atoms with Crippen LogP contribution in [0.15, 0.2) is 29.3 Å². The summed E-state index contributed by atoms with van der Waals surface area (Å²) >= 11 is 0. The summed E-state index contributed by atoms with van der Waals surface area (Å²) in [5.74, 6) is -7.55.